The van der Waals surface area contributed by atoms with Crippen molar-refractivity contribution in [2.75, 3.05) is 43.4 Å². The van der Waals surface area contributed by atoms with Crippen molar-refractivity contribution in [3.63, 3.8) is 0 Å². The fourth-order valence-corrected chi connectivity index (χ4v) is 2.71. The average Bonchev–Trinajstić information content (AvgIpc) is 2.66. The number of aromatic nitrogens is 1. The zero-order chi connectivity index (χ0) is 17.9. The van der Waals surface area contributed by atoms with Gasteiger partial charge in [-0.15, -0.1) is 0 Å². The van der Waals surface area contributed by atoms with Gasteiger partial charge in [-0.1, -0.05) is 44.2 Å². The van der Waals surface area contributed by atoms with E-state index < -0.39 is 0 Å². The lowest BCUT2D eigenvalue weighted by Gasteiger charge is -2.19. The maximum atomic E-state index is 9.54. The Labute approximate surface area is 150 Å². The van der Waals surface area contributed by atoms with E-state index in [1.165, 1.54) is 5.56 Å². The lowest BCUT2D eigenvalue weighted by molar-refractivity contribution is 0.316. The van der Waals surface area contributed by atoms with Crippen LogP contribution in [0.4, 0.5) is 11.5 Å². The first kappa shape index (κ1) is 18.8. The topological polar surface area (TPSA) is 64.0 Å². The fraction of sp³-hybridized carbons (Fsp3) is 0.400. The predicted octanol–water partition coefficient (Wildman–Crippen LogP) is 3.36. The van der Waals surface area contributed by atoms with E-state index in [-0.39, 0.29) is 0 Å². The summed E-state index contributed by atoms with van der Waals surface area (Å²) in [5.41, 5.74) is 2.69. The highest BCUT2D eigenvalue weighted by molar-refractivity contribution is 5.67. The Morgan fingerprint density at radius 3 is 2.48 bits per heavy atom. The summed E-state index contributed by atoms with van der Waals surface area (Å²) in [6.07, 6.45) is 2.66. The van der Waals surface area contributed by atoms with Crippen LogP contribution in [0, 0.1) is 11.3 Å². The number of nitriles is 1. The molecule has 25 heavy (non-hydrogen) atoms. The number of nitrogens with zero attached hydrogens (tertiary/aromatic N) is 3. The predicted molar refractivity (Wildman–Crippen MR) is 104 cm³/mol. The van der Waals surface area contributed by atoms with Crippen molar-refractivity contribution < 1.29 is 0 Å². The molecule has 132 valence electrons. The van der Waals surface area contributed by atoms with E-state index in [0.717, 1.165) is 44.8 Å². The van der Waals surface area contributed by atoms with Gasteiger partial charge in [0.05, 0.1) is 5.69 Å². The van der Waals surface area contributed by atoms with Gasteiger partial charge in [0.2, 0.25) is 0 Å². The molecule has 0 aliphatic heterocycles. The number of nitrogens with one attached hydrogen (secondary N) is 2. The van der Waals surface area contributed by atoms with Crippen molar-refractivity contribution in [2.45, 2.75) is 20.3 Å². The molecule has 0 radical (unpaired) electrons. The minimum absolute atomic E-state index is 0.579. The van der Waals surface area contributed by atoms with Crippen LogP contribution in [0.25, 0.3) is 0 Å². The van der Waals surface area contributed by atoms with Crippen molar-refractivity contribution in [2.24, 2.45) is 0 Å². The van der Waals surface area contributed by atoms with Crippen molar-refractivity contribution in [3.8, 4) is 6.07 Å². The lowest BCUT2D eigenvalue weighted by Crippen LogP contribution is -2.29. The Morgan fingerprint density at radius 1 is 1.04 bits per heavy atom. The van der Waals surface area contributed by atoms with Crippen LogP contribution in [0.5, 0.6) is 0 Å². The van der Waals surface area contributed by atoms with Gasteiger partial charge in [-0.25, -0.2) is 4.98 Å². The molecule has 0 aliphatic carbocycles. The number of pyridine rings is 1. The SMILES string of the molecule is CCN(CC)CCNc1nccc(NCCc2ccccc2)c1C#N. The monoisotopic (exact) mass is 337 g/mol. The number of hydrogen-bond donors (Lipinski definition) is 2. The molecular weight excluding hydrogens is 310 g/mol. The third-order valence-corrected chi connectivity index (χ3v) is 4.25. The third kappa shape index (κ3) is 5.77. The largest absolute Gasteiger partial charge is 0.383 e. The summed E-state index contributed by atoms with van der Waals surface area (Å²) >= 11 is 0. The molecule has 1 heterocycles. The maximum absolute atomic E-state index is 9.54. The number of anilines is 2. The molecule has 0 saturated carbocycles. The summed E-state index contributed by atoms with van der Waals surface area (Å²) in [5.74, 6) is 0.652. The summed E-state index contributed by atoms with van der Waals surface area (Å²) in [7, 11) is 0. The second-order valence-electron chi connectivity index (χ2n) is 5.81. The summed E-state index contributed by atoms with van der Waals surface area (Å²) in [4.78, 5) is 6.67. The Morgan fingerprint density at radius 2 is 1.80 bits per heavy atom. The number of rotatable bonds is 10. The van der Waals surface area contributed by atoms with Crippen LogP contribution in [0.1, 0.15) is 25.0 Å². The van der Waals surface area contributed by atoms with E-state index in [4.69, 9.17) is 0 Å². The van der Waals surface area contributed by atoms with Crippen LogP contribution in [-0.2, 0) is 6.42 Å². The molecule has 0 unspecified atom stereocenters. The first-order valence-corrected chi connectivity index (χ1v) is 8.91. The van der Waals surface area contributed by atoms with Gasteiger partial charge in [-0.3, -0.25) is 0 Å². The third-order valence-electron chi connectivity index (χ3n) is 4.25. The highest BCUT2D eigenvalue weighted by atomic mass is 15.1. The summed E-state index contributed by atoms with van der Waals surface area (Å²) in [6, 6.07) is 14.5. The minimum Gasteiger partial charge on any atom is -0.383 e. The Balaban J connectivity index is 1.94. The van der Waals surface area contributed by atoms with E-state index in [9.17, 15) is 5.26 Å². The van der Waals surface area contributed by atoms with Crippen molar-refractivity contribution in [3.05, 3.63) is 53.7 Å². The normalized spacial score (nSPS) is 10.5. The van der Waals surface area contributed by atoms with Gasteiger partial charge in [-0.2, -0.15) is 5.26 Å². The van der Waals surface area contributed by atoms with Gasteiger partial charge in [0, 0.05) is 25.8 Å². The molecule has 2 N–H and O–H groups in total. The molecule has 5 nitrogen and oxygen atoms in total. The van der Waals surface area contributed by atoms with Gasteiger partial charge >= 0.3 is 0 Å². The van der Waals surface area contributed by atoms with Gasteiger partial charge in [0.25, 0.3) is 0 Å². The van der Waals surface area contributed by atoms with Crippen LogP contribution in [0.3, 0.4) is 0 Å². The highest BCUT2D eigenvalue weighted by Gasteiger charge is 2.09. The summed E-state index contributed by atoms with van der Waals surface area (Å²) < 4.78 is 0. The molecule has 0 saturated heterocycles. The molecule has 0 spiro atoms. The Hall–Kier alpha value is -2.58. The van der Waals surface area contributed by atoms with Crippen molar-refractivity contribution >= 4 is 11.5 Å². The van der Waals surface area contributed by atoms with Crippen LogP contribution in [0.2, 0.25) is 0 Å². The van der Waals surface area contributed by atoms with Crippen molar-refractivity contribution in [1.29, 1.82) is 5.26 Å². The van der Waals surface area contributed by atoms with Crippen LogP contribution in [-0.4, -0.2) is 42.6 Å². The van der Waals surface area contributed by atoms with E-state index in [2.05, 4.69) is 52.6 Å². The zero-order valence-corrected chi connectivity index (χ0v) is 15.1. The van der Waals surface area contributed by atoms with E-state index >= 15 is 0 Å². The molecule has 0 amide bonds. The molecule has 0 fully saturated rings. The molecule has 2 rings (SSSR count). The van der Waals surface area contributed by atoms with Gasteiger partial charge in [0.15, 0.2) is 0 Å². The van der Waals surface area contributed by atoms with Crippen molar-refractivity contribution in [1.82, 2.24) is 9.88 Å². The second-order valence-corrected chi connectivity index (χ2v) is 5.81. The first-order chi connectivity index (χ1) is 12.3. The standard InChI is InChI=1S/C20H27N5/c1-3-25(4-2)15-14-24-20-18(16-21)19(11-13-23-20)22-12-10-17-8-6-5-7-9-17/h5-9,11,13H,3-4,10,12,14-15H2,1-2H3,(H2,22,23,24). The molecule has 1 aromatic carbocycles. The molecule has 0 atom stereocenters. The zero-order valence-electron chi connectivity index (χ0n) is 15.1. The molecule has 1 aromatic heterocycles. The number of likely N-dealkylation sites (N-methyl/N-ethyl adjacent to an activating group) is 1. The quantitative estimate of drug-likeness (QED) is 0.696. The molecular formula is C20H27N5. The minimum atomic E-state index is 0.579. The van der Waals surface area contributed by atoms with E-state index in [0.29, 0.717) is 11.4 Å². The first-order valence-electron chi connectivity index (χ1n) is 8.91. The highest BCUT2D eigenvalue weighted by Crippen LogP contribution is 2.21. The Kier molecular flexibility index (Phi) is 7.74. The van der Waals surface area contributed by atoms with Crippen LogP contribution >= 0.6 is 0 Å². The summed E-state index contributed by atoms with van der Waals surface area (Å²) in [5, 5.41) is 16.2. The molecule has 5 heteroatoms. The molecule has 0 aliphatic rings. The number of hydrogen-bond acceptors (Lipinski definition) is 5. The molecule has 0 bridgehead atoms. The average molecular weight is 337 g/mol. The smallest absolute Gasteiger partial charge is 0.146 e. The van der Waals surface area contributed by atoms with Gasteiger partial charge in [0.1, 0.15) is 17.5 Å². The second kappa shape index (κ2) is 10.3. The fourth-order valence-electron chi connectivity index (χ4n) is 2.71. The lowest BCUT2D eigenvalue weighted by atomic mass is 10.1. The van der Waals surface area contributed by atoms with E-state index in [1.807, 2.05) is 24.3 Å². The molecule has 2 aromatic rings. The van der Waals surface area contributed by atoms with Crippen LogP contribution in [0.15, 0.2) is 42.6 Å². The van der Waals surface area contributed by atoms with Gasteiger partial charge in [-0.05, 0) is 31.1 Å². The maximum Gasteiger partial charge on any atom is 0.146 e. The Bertz CT molecular complexity index is 674. The van der Waals surface area contributed by atoms with Gasteiger partial charge < -0.3 is 15.5 Å². The van der Waals surface area contributed by atoms with Crippen LogP contribution < -0.4 is 10.6 Å². The number of benzene rings is 1. The van der Waals surface area contributed by atoms with E-state index in [1.54, 1.807) is 6.20 Å². The summed E-state index contributed by atoms with van der Waals surface area (Å²) in [6.45, 7) is 8.85.